The van der Waals surface area contributed by atoms with Gasteiger partial charge in [0.25, 0.3) is 0 Å². The summed E-state index contributed by atoms with van der Waals surface area (Å²) in [5, 5.41) is 0.882. The lowest BCUT2D eigenvalue weighted by atomic mass is 10.0. The van der Waals surface area contributed by atoms with Crippen molar-refractivity contribution in [1.29, 1.82) is 0 Å². The number of rotatable bonds is 7. The summed E-state index contributed by atoms with van der Waals surface area (Å²) in [5.41, 5.74) is 11.9. The molecule has 10 rings (SSSR count). The van der Waals surface area contributed by atoms with Crippen molar-refractivity contribution in [2.24, 2.45) is 0 Å². The van der Waals surface area contributed by atoms with Crippen LogP contribution in [0.4, 0.5) is 0 Å². The van der Waals surface area contributed by atoms with Gasteiger partial charge in [-0.3, -0.25) is 4.98 Å². The van der Waals surface area contributed by atoms with Crippen LogP contribution in [0.1, 0.15) is 0 Å². The third-order valence-electron chi connectivity index (χ3n) is 9.66. The molecule has 4 aromatic heterocycles. The normalized spacial score (nSPS) is 11.3. The summed E-state index contributed by atoms with van der Waals surface area (Å²) in [6.07, 6.45) is 3.50. The minimum atomic E-state index is 0.578. The zero-order valence-electron chi connectivity index (χ0n) is 29.4. The van der Waals surface area contributed by atoms with Gasteiger partial charge in [0.2, 0.25) is 0 Å². The zero-order chi connectivity index (χ0) is 36.6. The van der Waals surface area contributed by atoms with E-state index in [0.29, 0.717) is 34.5 Å². The van der Waals surface area contributed by atoms with Gasteiger partial charge in [-0.1, -0.05) is 152 Å². The van der Waals surface area contributed by atoms with E-state index in [2.05, 4.69) is 65.6 Å². The maximum atomic E-state index is 6.12. The van der Waals surface area contributed by atoms with Gasteiger partial charge in [-0.15, -0.1) is 0 Å². The van der Waals surface area contributed by atoms with E-state index in [1.54, 1.807) is 12.4 Å². The molecule has 0 aliphatic heterocycles. The molecule has 0 radical (unpaired) electrons. The summed E-state index contributed by atoms with van der Waals surface area (Å²) in [4.78, 5) is 29.3. The van der Waals surface area contributed by atoms with Gasteiger partial charge >= 0.3 is 0 Å². The summed E-state index contributed by atoms with van der Waals surface area (Å²) in [5.74, 6) is 2.38. The lowest BCUT2D eigenvalue weighted by molar-refractivity contribution is 0.664. The first-order chi connectivity index (χ1) is 27.2. The second-order valence-corrected chi connectivity index (χ2v) is 13.2. The highest BCUT2D eigenvalue weighted by molar-refractivity contribution is 6.03. The van der Waals surface area contributed by atoms with Gasteiger partial charge in [-0.25, -0.2) is 24.9 Å². The topological polar surface area (TPSA) is 90.5 Å². The Kier molecular flexibility index (Phi) is 8.00. The number of furan rings is 1. The molecular weight excluding hydrogens is 677 g/mol. The summed E-state index contributed by atoms with van der Waals surface area (Å²) in [6.45, 7) is 0. The first kappa shape index (κ1) is 32.0. The Labute approximate surface area is 316 Å². The molecule has 7 nitrogen and oxygen atoms in total. The van der Waals surface area contributed by atoms with Crippen LogP contribution in [0.5, 0.6) is 0 Å². The maximum absolute atomic E-state index is 6.12. The number of fused-ring (bicyclic) bond motifs is 3. The quantitative estimate of drug-likeness (QED) is 0.163. The molecule has 0 bridgehead atoms. The third-order valence-corrected chi connectivity index (χ3v) is 9.66. The van der Waals surface area contributed by atoms with E-state index < -0.39 is 0 Å². The Morgan fingerprint density at radius 1 is 0.309 bits per heavy atom. The molecule has 10 aromatic rings. The van der Waals surface area contributed by atoms with E-state index in [-0.39, 0.29) is 0 Å². The molecule has 0 amide bonds. The van der Waals surface area contributed by atoms with E-state index >= 15 is 0 Å². The highest BCUT2D eigenvalue weighted by Gasteiger charge is 2.16. The fourth-order valence-corrected chi connectivity index (χ4v) is 6.84. The molecule has 0 unspecified atom stereocenters. The second kappa shape index (κ2) is 13.7. The van der Waals surface area contributed by atoms with Crippen molar-refractivity contribution in [3.63, 3.8) is 0 Å². The highest BCUT2D eigenvalue weighted by atomic mass is 16.3. The first-order valence-electron chi connectivity index (χ1n) is 18.0. The zero-order valence-corrected chi connectivity index (χ0v) is 29.4. The van der Waals surface area contributed by atoms with Gasteiger partial charge in [0, 0.05) is 27.8 Å². The smallest absolute Gasteiger partial charge is 0.172 e. The molecule has 258 valence electrons. The molecular formula is C48H30N6O. The lowest BCUT2D eigenvalue weighted by Gasteiger charge is -2.10. The number of hydrogen-bond acceptors (Lipinski definition) is 7. The molecule has 0 saturated heterocycles. The van der Waals surface area contributed by atoms with E-state index in [1.807, 2.05) is 109 Å². The van der Waals surface area contributed by atoms with Gasteiger partial charge in [0.05, 0.1) is 23.5 Å². The third kappa shape index (κ3) is 6.30. The van der Waals surface area contributed by atoms with Crippen LogP contribution < -0.4 is 0 Å². The summed E-state index contributed by atoms with van der Waals surface area (Å²) < 4.78 is 6.12. The molecule has 0 spiro atoms. The molecule has 0 saturated carbocycles. The number of aromatic nitrogens is 6. The van der Waals surface area contributed by atoms with Crippen molar-refractivity contribution in [2.75, 3.05) is 0 Å². The highest BCUT2D eigenvalue weighted by Crippen LogP contribution is 2.33. The number of nitrogens with zero attached hydrogens (tertiary/aromatic N) is 6. The van der Waals surface area contributed by atoms with Crippen molar-refractivity contribution < 1.29 is 4.42 Å². The van der Waals surface area contributed by atoms with Gasteiger partial charge in [-0.05, 0) is 40.5 Å². The van der Waals surface area contributed by atoms with Crippen LogP contribution >= 0.6 is 0 Å². The molecule has 0 fully saturated rings. The molecule has 7 heteroatoms. The number of hydrogen-bond donors (Lipinski definition) is 0. The SMILES string of the molecule is c1ccc(-c2cccc(-c3cc4c(cn3)oc3cnc(-c5ccc(-c6nc(-c7ccccc7)nc(-c7cccc(-c8ccccc8)c7)n6)cc5)nc34)c2)cc1. The molecule has 0 aliphatic carbocycles. The van der Waals surface area contributed by atoms with Gasteiger partial charge in [0.15, 0.2) is 34.5 Å². The first-order valence-corrected chi connectivity index (χ1v) is 18.0. The van der Waals surface area contributed by atoms with Gasteiger partial charge in [-0.2, -0.15) is 0 Å². The van der Waals surface area contributed by atoms with Crippen molar-refractivity contribution in [1.82, 2.24) is 29.9 Å². The largest absolute Gasteiger partial charge is 0.451 e. The Bertz CT molecular complexity index is 2970. The lowest BCUT2D eigenvalue weighted by Crippen LogP contribution is -2.00. The average Bonchev–Trinajstić information content (AvgIpc) is 3.65. The van der Waals surface area contributed by atoms with Crippen molar-refractivity contribution in [3.8, 4) is 79.1 Å². The summed E-state index contributed by atoms with van der Waals surface area (Å²) in [6, 6.07) is 57.4. The van der Waals surface area contributed by atoms with E-state index in [1.165, 1.54) is 0 Å². The molecule has 4 heterocycles. The molecule has 0 aliphatic rings. The van der Waals surface area contributed by atoms with Crippen molar-refractivity contribution in [2.45, 2.75) is 0 Å². The van der Waals surface area contributed by atoms with Gasteiger partial charge in [0.1, 0.15) is 5.52 Å². The Morgan fingerprint density at radius 3 is 1.38 bits per heavy atom. The molecule has 0 atom stereocenters. The van der Waals surface area contributed by atoms with Crippen molar-refractivity contribution in [3.05, 3.63) is 182 Å². The summed E-state index contributed by atoms with van der Waals surface area (Å²) >= 11 is 0. The van der Waals surface area contributed by atoms with Crippen LogP contribution in [0.15, 0.2) is 187 Å². The van der Waals surface area contributed by atoms with E-state index in [4.69, 9.17) is 29.3 Å². The van der Waals surface area contributed by atoms with Crippen LogP contribution in [0, 0.1) is 0 Å². The van der Waals surface area contributed by atoms with Crippen LogP contribution in [0.25, 0.3) is 101 Å². The van der Waals surface area contributed by atoms with E-state index in [0.717, 1.165) is 66.7 Å². The fourth-order valence-electron chi connectivity index (χ4n) is 6.84. The van der Waals surface area contributed by atoms with Crippen LogP contribution in [0.3, 0.4) is 0 Å². The monoisotopic (exact) mass is 706 g/mol. The maximum Gasteiger partial charge on any atom is 0.172 e. The Balaban J connectivity index is 1.00. The Hall–Kier alpha value is -7.64. The van der Waals surface area contributed by atoms with Crippen molar-refractivity contribution >= 4 is 22.1 Å². The second-order valence-electron chi connectivity index (χ2n) is 13.2. The standard InChI is InChI=1S/C48H30N6O/c1-4-12-31(13-5-1)36-18-10-20-38(26-36)41-28-40-42(29-49-41)55-43-30-50-45(51-44(40)43)34-22-24-35(25-23-34)47-52-46(33-16-8-3-9-17-33)53-48(54-47)39-21-11-19-37(27-39)32-14-6-2-7-15-32/h1-30H. The predicted molar refractivity (Wildman–Crippen MR) is 219 cm³/mol. The Morgan fingerprint density at radius 2 is 0.764 bits per heavy atom. The minimum absolute atomic E-state index is 0.578. The number of pyridine rings is 1. The van der Waals surface area contributed by atoms with Gasteiger partial charge < -0.3 is 4.42 Å². The molecule has 0 N–H and O–H groups in total. The number of benzene rings is 6. The summed E-state index contributed by atoms with van der Waals surface area (Å²) in [7, 11) is 0. The minimum Gasteiger partial charge on any atom is -0.451 e. The van der Waals surface area contributed by atoms with E-state index in [9.17, 15) is 0 Å². The molecule has 55 heavy (non-hydrogen) atoms. The van der Waals surface area contributed by atoms with Crippen LogP contribution in [-0.2, 0) is 0 Å². The van der Waals surface area contributed by atoms with Crippen LogP contribution in [0.2, 0.25) is 0 Å². The fraction of sp³-hybridized carbons (Fsp3) is 0. The van der Waals surface area contributed by atoms with Crippen LogP contribution in [-0.4, -0.2) is 29.9 Å². The average molecular weight is 707 g/mol. The molecule has 6 aromatic carbocycles. The predicted octanol–water partition coefficient (Wildman–Crippen LogP) is 11.6.